The fraction of sp³-hybridized carbons (Fsp3) is 0.438. The van der Waals surface area contributed by atoms with E-state index in [9.17, 15) is 23.2 Å². The van der Waals surface area contributed by atoms with Crippen LogP contribution in [-0.2, 0) is 14.3 Å². The first-order valence-electron chi connectivity index (χ1n) is 7.09. The molecule has 2 atom stereocenters. The molecule has 7 heteroatoms. The quantitative estimate of drug-likeness (QED) is 0.449. The van der Waals surface area contributed by atoms with Crippen LogP contribution in [-0.4, -0.2) is 30.1 Å². The highest BCUT2D eigenvalue weighted by atomic mass is 79.9. The van der Waals surface area contributed by atoms with Crippen LogP contribution in [0.5, 0.6) is 0 Å². The summed E-state index contributed by atoms with van der Waals surface area (Å²) in [5.41, 5.74) is 0.235. The molecule has 0 amide bonds. The van der Waals surface area contributed by atoms with Crippen LogP contribution in [0.1, 0.15) is 42.1 Å². The Morgan fingerprint density at radius 3 is 2.61 bits per heavy atom. The van der Waals surface area contributed by atoms with Gasteiger partial charge in [0.05, 0.1) is 12.5 Å². The average molecular weight is 389 g/mol. The van der Waals surface area contributed by atoms with Crippen LogP contribution in [0.2, 0.25) is 0 Å². The van der Waals surface area contributed by atoms with E-state index in [0.717, 1.165) is 6.92 Å². The van der Waals surface area contributed by atoms with E-state index >= 15 is 0 Å². The van der Waals surface area contributed by atoms with Crippen molar-refractivity contribution in [2.24, 2.45) is 5.92 Å². The molecule has 1 aromatic rings. The van der Waals surface area contributed by atoms with Crippen molar-refractivity contribution in [2.75, 3.05) is 6.61 Å². The van der Waals surface area contributed by atoms with Crippen LogP contribution < -0.4 is 0 Å². The molecule has 0 saturated heterocycles. The van der Waals surface area contributed by atoms with E-state index in [0.29, 0.717) is 4.47 Å². The van der Waals surface area contributed by atoms with E-state index in [1.165, 1.54) is 19.1 Å². The number of ether oxygens (including phenoxy) is 1. The van der Waals surface area contributed by atoms with Crippen molar-refractivity contribution in [3.8, 4) is 0 Å². The molecule has 0 saturated carbocycles. The minimum absolute atomic E-state index is 0.0268. The van der Waals surface area contributed by atoms with Crippen molar-refractivity contribution < 1.29 is 27.9 Å². The number of rotatable bonds is 4. The molecule has 0 heterocycles. The number of ketones is 2. The highest BCUT2D eigenvalue weighted by molar-refractivity contribution is 9.10. The van der Waals surface area contributed by atoms with Gasteiger partial charge in [0, 0.05) is 16.0 Å². The van der Waals surface area contributed by atoms with Gasteiger partial charge < -0.3 is 4.74 Å². The first-order chi connectivity index (χ1) is 10.7. The topological polar surface area (TPSA) is 60.4 Å². The zero-order valence-electron chi connectivity index (χ0n) is 12.6. The Hall–Kier alpha value is -1.63. The lowest BCUT2D eigenvalue weighted by molar-refractivity contribution is -0.155. The molecule has 2 unspecified atom stereocenters. The number of esters is 1. The Bertz CT molecular complexity index is 667. The Morgan fingerprint density at radius 2 is 2.04 bits per heavy atom. The van der Waals surface area contributed by atoms with Gasteiger partial charge in [-0.25, -0.2) is 13.6 Å². The second kappa shape index (κ2) is 6.47. The third kappa shape index (κ3) is 3.49. The lowest BCUT2D eigenvalue weighted by Gasteiger charge is -2.33. The number of Topliss-reactive ketones (excluding diaryl/α,β-unsaturated/α-hetero) is 2. The number of halogens is 3. The maximum absolute atomic E-state index is 13.9. The van der Waals surface area contributed by atoms with E-state index in [1.54, 1.807) is 6.07 Å². The van der Waals surface area contributed by atoms with Crippen molar-refractivity contribution >= 4 is 33.5 Å². The van der Waals surface area contributed by atoms with Crippen LogP contribution in [0.4, 0.5) is 8.78 Å². The van der Waals surface area contributed by atoms with E-state index in [1.807, 2.05) is 0 Å². The van der Waals surface area contributed by atoms with Crippen LogP contribution >= 0.6 is 15.9 Å². The minimum atomic E-state index is -3.13. The minimum Gasteiger partial charge on any atom is -0.460 e. The Labute approximate surface area is 140 Å². The van der Waals surface area contributed by atoms with E-state index in [4.69, 9.17) is 0 Å². The number of alkyl halides is 2. The Kier molecular flexibility index (Phi) is 4.98. The molecule has 0 N–H and O–H groups in total. The maximum Gasteiger partial charge on any atom is 0.375 e. The first kappa shape index (κ1) is 17.7. The lowest BCUT2D eigenvalue weighted by atomic mass is 9.72. The van der Waals surface area contributed by atoms with Gasteiger partial charge in [-0.2, -0.15) is 0 Å². The van der Waals surface area contributed by atoms with Crippen LogP contribution in [0.25, 0.3) is 0 Å². The Morgan fingerprint density at radius 1 is 1.39 bits per heavy atom. The first-order valence-corrected chi connectivity index (χ1v) is 7.88. The summed E-state index contributed by atoms with van der Waals surface area (Å²) in [5, 5.41) is 0. The summed E-state index contributed by atoms with van der Waals surface area (Å²) in [5.74, 6) is -8.74. The third-order valence-electron chi connectivity index (χ3n) is 3.85. The molecular weight excluding hydrogens is 374 g/mol. The monoisotopic (exact) mass is 388 g/mol. The SMILES string of the molecule is CCOC(=O)C(=O)C1CC(C(C)(F)F)c2ccc(Br)cc2C1=O. The molecule has 0 spiro atoms. The van der Waals surface area contributed by atoms with Gasteiger partial charge >= 0.3 is 5.97 Å². The van der Waals surface area contributed by atoms with Gasteiger partial charge in [-0.05, 0) is 38.0 Å². The molecule has 1 aliphatic rings. The maximum atomic E-state index is 13.9. The van der Waals surface area contributed by atoms with Gasteiger partial charge in [-0.15, -0.1) is 0 Å². The van der Waals surface area contributed by atoms with Gasteiger partial charge in [0.25, 0.3) is 11.7 Å². The largest absolute Gasteiger partial charge is 0.460 e. The van der Waals surface area contributed by atoms with Crippen LogP contribution in [0.15, 0.2) is 22.7 Å². The van der Waals surface area contributed by atoms with Crippen molar-refractivity contribution in [2.45, 2.75) is 32.1 Å². The van der Waals surface area contributed by atoms with Crippen LogP contribution in [0.3, 0.4) is 0 Å². The molecule has 1 aliphatic carbocycles. The summed E-state index contributed by atoms with van der Waals surface area (Å²) in [7, 11) is 0. The second-order valence-corrected chi connectivity index (χ2v) is 6.39. The summed E-state index contributed by atoms with van der Waals surface area (Å²) in [6.07, 6.45) is -0.408. The van der Waals surface area contributed by atoms with Crippen molar-refractivity contribution in [1.29, 1.82) is 0 Å². The molecule has 1 aromatic carbocycles. The average Bonchev–Trinajstić information content (AvgIpc) is 2.46. The van der Waals surface area contributed by atoms with E-state index in [-0.39, 0.29) is 17.7 Å². The predicted octanol–water partition coefficient (Wildman–Crippen LogP) is 3.52. The molecule has 0 aliphatic heterocycles. The molecule has 0 radical (unpaired) electrons. The zero-order valence-corrected chi connectivity index (χ0v) is 14.2. The fourth-order valence-corrected chi connectivity index (χ4v) is 3.11. The lowest BCUT2D eigenvalue weighted by Crippen LogP contribution is -2.40. The summed E-state index contributed by atoms with van der Waals surface area (Å²) in [6, 6.07) is 4.42. The highest BCUT2D eigenvalue weighted by Gasteiger charge is 2.47. The number of hydrogen-bond acceptors (Lipinski definition) is 4. The molecule has 2 rings (SSSR count). The zero-order chi connectivity index (χ0) is 17.4. The van der Waals surface area contributed by atoms with Gasteiger partial charge in [0.15, 0.2) is 5.78 Å². The molecular formula is C16H15BrF2O4. The second-order valence-electron chi connectivity index (χ2n) is 5.48. The van der Waals surface area contributed by atoms with Gasteiger partial charge in [0.2, 0.25) is 0 Å². The molecule has 124 valence electrons. The fourth-order valence-electron chi connectivity index (χ4n) is 2.75. The van der Waals surface area contributed by atoms with Gasteiger partial charge in [-0.1, -0.05) is 22.0 Å². The van der Waals surface area contributed by atoms with Crippen molar-refractivity contribution in [3.05, 3.63) is 33.8 Å². The van der Waals surface area contributed by atoms with E-state index < -0.39 is 41.7 Å². The van der Waals surface area contributed by atoms with Gasteiger partial charge in [-0.3, -0.25) is 9.59 Å². The normalized spacial score (nSPS) is 20.8. The number of fused-ring (bicyclic) bond motifs is 1. The standard InChI is InChI=1S/C16H15BrF2O4/c1-3-23-15(22)14(21)11-7-12(16(2,18)19)9-5-4-8(17)6-10(9)13(11)20/h4-6,11-12H,3,7H2,1-2H3. The Balaban J connectivity index is 2.48. The predicted molar refractivity (Wildman–Crippen MR) is 81.6 cm³/mol. The molecule has 4 nitrogen and oxygen atoms in total. The molecule has 23 heavy (non-hydrogen) atoms. The molecule has 0 fully saturated rings. The third-order valence-corrected chi connectivity index (χ3v) is 4.34. The molecule has 0 bridgehead atoms. The summed E-state index contributed by atoms with van der Waals surface area (Å²) in [4.78, 5) is 36.2. The number of benzene rings is 1. The van der Waals surface area contributed by atoms with Crippen molar-refractivity contribution in [3.63, 3.8) is 0 Å². The van der Waals surface area contributed by atoms with E-state index in [2.05, 4.69) is 20.7 Å². The summed E-state index contributed by atoms with van der Waals surface area (Å²) in [6.45, 7) is 2.23. The van der Waals surface area contributed by atoms with Crippen molar-refractivity contribution in [1.82, 2.24) is 0 Å². The summed E-state index contributed by atoms with van der Waals surface area (Å²) < 4.78 is 33.0. The number of hydrogen-bond donors (Lipinski definition) is 0. The number of carbonyl (C=O) groups is 3. The molecule has 0 aromatic heterocycles. The van der Waals surface area contributed by atoms with Gasteiger partial charge in [0.1, 0.15) is 0 Å². The summed E-state index contributed by atoms with van der Waals surface area (Å²) >= 11 is 3.18. The number of carbonyl (C=O) groups excluding carboxylic acids is 3. The van der Waals surface area contributed by atoms with Crippen LogP contribution in [0, 0.1) is 5.92 Å². The smallest absolute Gasteiger partial charge is 0.375 e. The highest BCUT2D eigenvalue weighted by Crippen LogP contribution is 2.44.